The smallest absolute Gasteiger partial charge is 0.0404 e. The maximum Gasteiger partial charge on any atom is 0.0404 e. The molecule has 1 aliphatic heterocycles. The normalized spacial score (nSPS) is 15.7. The fourth-order valence-electron chi connectivity index (χ4n) is 2.09. The lowest BCUT2D eigenvalue weighted by Gasteiger charge is -2.17. The highest BCUT2D eigenvalue weighted by molar-refractivity contribution is 6.18. The van der Waals surface area contributed by atoms with Gasteiger partial charge in [-0.15, -0.1) is 11.6 Å². The van der Waals surface area contributed by atoms with E-state index in [-0.39, 0.29) is 0 Å². The molecule has 2 rings (SSSR count). The third-order valence-corrected chi connectivity index (χ3v) is 3.20. The zero-order valence-corrected chi connectivity index (χ0v) is 10.8. The molecule has 17 heavy (non-hydrogen) atoms. The first-order chi connectivity index (χ1) is 8.40. The van der Waals surface area contributed by atoms with Gasteiger partial charge in [-0.1, -0.05) is 12.2 Å². The molecule has 0 spiro atoms. The Morgan fingerprint density at radius 3 is 2.47 bits per heavy atom. The molecule has 92 valence electrons. The Hall–Kier alpha value is -1.15. The van der Waals surface area contributed by atoms with Gasteiger partial charge in [0, 0.05) is 36.9 Å². The van der Waals surface area contributed by atoms with Crippen molar-refractivity contribution in [1.82, 2.24) is 0 Å². The van der Waals surface area contributed by atoms with Crippen molar-refractivity contribution >= 4 is 23.0 Å². The van der Waals surface area contributed by atoms with E-state index < -0.39 is 0 Å². The van der Waals surface area contributed by atoms with Crippen LogP contribution in [0.3, 0.4) is 0 Å². The molecular formula is C14H19ClN2. The summed E-state index contributed by atoms with van der Waals surface area (Å²) >= 11 is 5.56. The van der Waals surface area contributed by atoms with Gasteiger partial charge in [0.15, 0.2) is 0 Å². The molecule has 0 bridgehead atoms. The molecule has 1 N–H and O–H groups in total. The average Bonchev–Trinajstić information content (AvgIpc) is 2.89. The lowest BCUT2D eigenvalue weighted by molar-refractivity contribution is 0.949. The number of nitrogens with one attached hydrogen (secondary N) is 1. The Labute approximate surface area is 108 Å². The van der Waals surface area contributed by atoms with Crippen LogP contribution in [0.5, 0.6) is 0 Å². The molecule has 1 aromatic carbocycles. The Morgan fingerprint density at radius 2 is 1.82 bits per heavy atom. The fourth-order valence-corrected chi connectivity index (χ4v) is 2.21. The lowest BCUT2D eigenvalue weighted by Crippen LogP contribution is -2.17. The monoisotopic (exact) mass is 250 g/mol. The summed E-state index contributed by atoms with van der Waals surface area (Å²) in [6.07, 6.45) is 6.64. The number of nitrogens with zero attached hydrogens (tertiary/aromatic N) is 1. The van der Waals surface area contributed by atoms with E-state index in [4.69, 9.17) is 11.6 Å². The van der Waals surface area contributed by atoms with Gasteiger partial charge < -0.3 is 10.2 Å². The SMILES string of the molecule is ClC/C=C/CNc1ccc(N2CCCC2)cc1. The van der Waals surface area contributed by atoms with Gasteiger partial charge in [-0.25, -0.2) is 0 Å². The molecule has 0 radical (unpaired) electrons. The zero-order valence-electron chi connectivity index (χ0n) is 10.0. The Morgan fingerprint density at radius 1 is 1.12 bits per heavy atom. The molecule has 0 amide bonds. The van der Waals surface area contributed by atoms with E-state index in [1.807, 2.05) is 12.2 Å². The second kappa shape index (κ2) is 6.55. The molecule has 1 aromatic rings. The van der Waals surface area contributed by atoms with Gasteiger partial charge in [0.1, 0.15) is 0 Å². The molecule has 1 heterocycles. The van der Waals surface area contributed by atoms with Crippen LogP contribution in [-0.2, 0) is 0 Å². The molecule has 0 aromatic heterocycles. The number of hydrogen-bond acceptors (Lipinski definition) is 2. The van der Waals surface area contributed by atoms with Crippen LogP contribution in [0.1, 0.15) is 12.8 Å². The molecule has 2 nitrogen and oxygen atoms in total. The van der Waals surface area contributed by atoms with Gasteiger partial charge in [-0.05, 0) is 37.1 Å². The summed E-state index contributed by atoms with van der Waals surface area (Å²) in [4.78, 5) is 2.44. The highest BCUT2D eigenvalue weighted by Crippen LogP contribution is 2.21. The standard InChI is InChI=1S/C14H19ClN2/c15-9-1-2-10-16-13-5-7-14(8-6-13)17-11-3-4-12-17/h1-2,5-8,16H,3-4,9-12H2/b2-1+. The van der Waals surface area contributed by atoms with Gasteiger partial charge in [0.05, 0.1) is 0 Å². The maximum absolute atomic E-state index is 5.56. The number of hydrogen-bond donors (Lipinski definition) is 1. The first-order valence-corrected chi connectivity index (χ1v) is 6.73. The minimum Gasteiger partial charge on any atom is -0.382 e. The summed E-state index contributed by atoms with van der Waals surface area (Å²) in [7, 11) is 0. The molecule has 3 heteroatoms. The molecule has 0 aliphatic carbocycles. The van der Waals surface area contributed by atoms with Crippen molar-refractivity contribution in [2.45, 2.75) is 12.8 Å². The maximum atomic E-state index is 5.56. The second-order valence-corrected chi connectivity index (χ2v) is 4.56. The minimum atomic E-state index is 0.579. The number of alkyl halides is 1. The first-order valence-electron chi connectivity index (χ1n) is 6.20. The molecule has 1 fully saturated rings. The molecule has 1 aliphatic rings. The van der Waals surface area contributed by atoms with E-state index in [1.165, 1.54) is 31.6 Å². The highest BCUT2D eigenvalue weighted by Gasteiger charge is 2.11. The van der Waals surface area contributed by atoms with Crippen molar-refractivity contribution in [3.8, 4) is 0 Å². The van der Waals surface area contributed by atoms with E-state index in [9.17, 15) is 0 Å². The predicted octanol–water partition coefficient (Wildman–Crippen LogP) is 3.49. The molecular weight excluding hydrogens is 232 g/mol. The number of benzene rings is 1. The topological polar surface area (TPSA) is 15.3 Å². The van der Waals surface area contributed by atoms with E-state index in [0.29, 0.717) is 5.88 Å². The number of halogens is 1. The predicted molar refractivity (Wildman–Crippen MR) is 76.2 cm³/mol. The Kier molecular flexibility index (Phi) is 4.75. The van der Waals surface area contributed by atoms with E-state index in [1.54, 1.807) is 0 Å². The summed E-state index contributed by atoms with van der Waals surface area (Å²) in [6, 6.07) is 8.67. The van der Waals surface area contributed by atoms with Crippen molar-refractivity contribution < 1.29 is 0 Å². The average molecular weight is 251 g/mol. The van der Waals surface area contributed by atoms with Crippen LogP contribution in [0, 0.1) is 0 Å². The number of rotatable bonds is 5. The molecule has 0 unspecified atom stereocenters. The van der Waals surface area contributed by atoms with Crippen LogP contribution in [-0.4, -0.2) is 25.5 Å². The van der Waals surface area contributed by atoms with Crippen molar-refractivity contribution in [3.05, 3.63) is 36.4 Å². The third-order valence-electron chi connectivity index (χ3n) is 3.02. The van der Waals surface area contributed by atoms with Gasteiger partial charge in [-0.3, -0.25) is 0 Å². The quantitative estimate of drug-likeness (QED) is 0.636. The fraction of sp³-hybridized carbons (Fsp3) is 0.429. The molecule has 1 saturated heterocycles. The van der Waals surface area contributed by atoms with Crippen LogP contribution >= 0.6 is 11.6 Å². The summed E-state index contributed by atoms with van der Waals surface area (Å²) in [6.45, 7) is 3.23. The highest BCUT2D eigenvalue weighted by atomic mass is 35.5. The van der Waals surface area contributed by atoms with Gasteiger partial charge >= 0.3 is 0 Å². The van der Waals surface area contributed by atoms with Gasteiger partial charge in [0.2, 0.25) is 0 Å². The summed E-state index contributed by atoms with van der Waals surface area (Å²) in [5.74, 6) is 0.579. The summed E-state index contributed by atoms with van der Waals surface area (Å²) in [5.41, 5.74) is 2.50. The summed E-state index contributed by atoms with van der Waals surface area (Å²) in [5, 5.41) is 3.33. The first kappa shape index (κ1) is 12.3. The van der Waals surface area contributed by atoms with Gasteiger partial charge in [0.25, 0.3) is 0 Å². The third kappa shape index (κ3) is 3.67. The van der Waals surface area contributed by atoms with Crippen molar-refractivity contribution in [2.75, 3.05) is 35.7 Å². The minimum absolute atomic E-state index is 0.579. The van der Waals surface area contributed by atoms with Gasteiger partial charge in [-0.2, -0.15) is 0 Å². The van der Waals surface area contributed by atoms with Crippen LogP contribution in [0.2, 0.25) is 0 Å². The van der Waals surface area contributed by atoms with E-state index >= 15 is 0 Å². The van der Waals surface area contributed by atoms with Crippen LogP contribution in [0.15, 0.2) is 36.4 Å². The van der Waals surface area contributed by atoms with Crippen LogP contribution in [0.25, 0.3) is 0 Å². The largest absolute Gasteiger partial charge is 0.382 e. The lowest BCUT2D eigenvalue weighted by atomic mass is 10.2. The second-order valence-electron chi connectivity index (χ2n) is 4.25. The van der Waals surface area contributed by atoms with Crippen LogP contribution < -0.4 is 10.2 Å². The number of allylic oxidation sites excluding steroid dienone is 1. The Bertz CT molecular complexity index is 353. The zero-order chi connectivity index (χ0) is 11.9. The Balaban J connectivity index is 1.86. The number of anilines is 2. The summed E-state index contributed by atoms with van der Waals surface area (Å²) < 4.78 is 0. The van der Waals surface area contributed by atoms with Crippen LogP contribution in [0.4, 0.5) is 11.4 Å². The van der Waals surface area contributed by atoms with Crippen molar-refractivity contribution in [3.63, 3.8) is 0 Å². The van der Waals surface area contributed by atoms with E-state index in [0.717, 1.165) is 12.2 Å². The molecule has 0 atom stereocenters. The van der Waals surface area contributed by atoms with Crippen molar-refractivity contribution in [1.29, 1.82) is 0 Å². The van der Waals surface area contributed by atoms with Crippen molar-refractivity contribution in [2.24, 2.45) is 0 Å². The van der Waals surface area contributed by atoms with E-state index in [2.05, 4.69) is 34.5 Å². The molecule has 0 saturated carbocycles.